The fourth-order valence-corrected chi connectivity index (χ4v) is 1.84. The highest BCUT2D eigenvalue weighted by molar-refractivity contribution is 9.10. The molecule has 1 aliphatic heterocycles. The number of fused-ring (bicyclic) bond motifs is 1. The van der Waals surface area contributed by atoms with Crippen LogP contribution in [0, 0.1) is 0 Å². The van der Waals surface area contributed by atoms with Gasteiger partial charge in [0.2, 0.25) is 6.79 Å². The van der Waals surface area contributed by atoms with Gasteiger partial charge in [0, 0.05) is 4.47 Å². The fourth-order valence-electron chi connectivity index (χ4n) is 1.07. The number of rotatable bonds is 1. The highest BCUT2D eigenvalue weighted by atomic mass is 79.9. The molecule has 2 rings (SSSR count). The van der Waals surface area contributed by atoms with E-state index in [0.29, 0.717) is 21.5 Å². The first kappa shape index (κ1) is 8.84. The molecule has 1 aliphatic rings. The molecule has 0 aliphatic carbocycles. The number of benzene rings is 1. The normalized spacial score (nSPS) is 13.1. The number of carbonyl (C=O) groups is 1. The summed E-state index contributed by atoms with van der Waals surface area (Å²) < 4.78 is 10.8. The van der Waals surface area contributed by atoms with E-state index in [1.165, 1.54) is 0 Å². The zero-order chi connectivity index (χ0) is 9.42. The summed E-state index contributed by atoms with van der Waals surface area (Å²) in [4.78, 5) is 10.9. The third-order valence-corrected chi connectivity index (χ3v) is 2.53. The molecule has 1 aromatic rings. The van der Waals surface area contributed by atoms with E-state index in [1.807, 2.05) is 0 Å². The highest BCUT2D eigenvalue weighted by Gasteiger charge is 2.18. The lowest BCUT2D eigenvalue weighted by Crippen LogP contribution is -1.93. The molecule has 0 aromatic heterocycles. The van der Waals surface area contributed by atoms with Crippen LogP contribution in [0.1, 0.15) is 10.4 Å². The molecule has 0 unspecified atom stereocenters. The minimum Gasteiger partial charge on any atom is -0.454 e. The third kappa shape index (κ3) is 1.51. The second-order valence-corrected chi connectivity index (χ2v) is 3.66. The highest BCUT2D eigenvalue weighted by Crippen LogP contribution is 2.37. The standard InChI is InChI=1S/C8H4BrClO3/c9-5-2-7-6(12-3-13-7)1-4(5)8(10)11/h1-2H,3H2. The molecule has 0 spiro atoms. The summed E-state index contributed by atoms with van der Waals surface area (Å²) in [5, 5.41) is -0.523. The smallest absolute Gasteiger partial charge is 0.253 e. The zero-order valence-electron chi connectivity index (χ0n) is 6.34. The molecule has 1 aromatic carbocycles. The third-order valence-electron chi connectivity index (χ3n) is 1.67. The Hall–Kier alpha value is -0.740. The minimum absolute atomic E-state index is 0.182. The van der Waals surface area contributed by atoms with Crippen LogP contribution < -0.4 is 9.47 Å². The van der Waals surface area contributed by atoms with Crippen LogP contribution >= 0.6 is 27.5 Å². The van der Waals surface area contributed by atoms with E-state index < -0.39 is 5.24 Å². The Balaban J connectivity index is 2.55. The van der Waals surface area contributed by atoms with Crippen LogP contribution in [0.15, 0.2) is 16.6 Å². The van der Waals surface area contributed by atoms with Crippen molar-refractivity contribution in [3.8, 4) is 11.5 Å². The van der Waals surface area contributed by atoms with Gasteiger partial charge in [0.25, 0.3) is 5.24 Å². The number of halogens is 2. The van der Waals surface area contributed by atoms with Gasteiger partial charge in [0.05, 0.1) is 5.56 Å². The van der Waals surface area contributed by atoms with Crippen molar-refractivity contribution in [1.29, 1.82) is 0 Å². The van der Waals surface area contributed by atoms with Crippen molar-refractivity contribution >= 4 is 32.8 Å². The molecule has 0 saturated heterocycles. The van der Waals surface area contributed by atoms with Crippen LogP contribution in [0.25, 0.3) is 0 Å². The quantitative estimate of drug-likeness (QED) is 0.731. The summed E-state index contributed by atoms with van der Waals surface area (Å²) in [6.07, 6.45) is 0. The van der Waals surface area contributed by atoms with E-state index in [4.69, 9.17) is 21.1 Å². The monoisotopic (exact) mass is 262 g/mol. The Morgan fingerprint density at radius 2 is 2.00 bits per heavy atom. The lowest BCUT2D eigenvalue weighted by molar-refractivity contribution is 0.108. The van der Waals surface area contributed by atoms with E-state index in [2.05, 4.69) is 15.9 Å². The first-order valence-corrected chi connectivity index (χ1v) is 4.64. The SMILES string of the molecule is O=C(Cl)c1cc2c(cc1Br)OCO2. The zero-order valence-corrected chi connectivity index (χ0v) is 8.68. The fraction of sp³-hybridized carbons (Fsp3) is 0.125. The second-order valence-electron chi connectivity index (χ2n) is 2.46. The van der Waals surface area contributed by atoms with Gasteiger partial charge in [-0.05, 0) is 39.7 Å². The molecular weight excluding hydrogens is 259 g/mol. The van der Waals surface area contributed by atoms with Crippen molar-refractivity contribution in [3.05, 3.63) is 22.2 Å². The number of ether oxygens (including phenoxy) is 2. The molecule has 0 radical (unpaired) electrons. The molecule has 0 N–H and O–H groups in total. The van der Waals surface area contributed by atoms with Crippen LogP contribution in [-0.4, -0.2) is 12.0 Å². The first-order valence-electron chi connectivity index (χ1n) is 3.47. The first-order chi connectivity index (χ1) is 6.18. The predicted molar refractivity (Wildman–Crippen MR) is 50.4 cm³/mol. The van der Waals surface area contributed by atoms with Crippen molar-refractivity contribution in [3.63, 3.8) is 0 Å². The van der Waals surface area contributed by atoms with Crippen LogP contribution in [-0.2, 0) is 0 Å². The van der Waals surface area contributed by atoms with E-state index in [9.17, 15) is 4.79 Å². The maximum Gasteiger partial charge on any atom is 0.253 e. The van der Waals surface area contributed by atoms with Gasteiger partial charge in [-0.1, -0.05) is 0 Å². The Labute approximate surface area is 87.7 Å². The predicted octanol–water partition coefficient (Wildman–Crippen LogP) is 2.56. The summed E-state index contributed by atoms with van der Waals surface area (Å²) in [6.45, 7) is 0.182. The Morgan fingerprint density at radius 1 is 1.38 bits per heavy atom. The van der Waals surface area contributed by atoms with Gasteiger partial charge in [-0.3, -0.25) is 4.79 Å². The summed E-state index contributed by atoms with van der Waals surface area (Å²) in [5.74, 6) is 1.17. The maximum absolute atomic E-state index is 10.9. The maximum atomic E-state index is 10.9. The van der Waals surface area contributed by atoms with E-state index in [-0.39, 0.29) is 6.79 Å². The van der Waals surface area contributed by atoms with Gasteiger partial charge in [-0.25, -0.2) is 0 Å². The molecule has 0 saturated carbocycles. The van der Waals surface area contributed by atoms with Crippen LogP contribution in [0.3, 0.4) is 0 Å². The Kier molecular flexibility index (Phi) is 2.17. The molecule has 3 nitrogen and oxygen atoms in total. The molecule has 13 heavy (non-hydrogen) atoms. The van der Waals surface area contributed by atoms with Gasteiger partial charge in [-0.2, -0.15) is 0 Å². The van der Waals surface area contributed by atoms with Gasteiger partial charge >= 0.3 is 0 Å². The molecule has 68 valence electrons. The van der Waals surface area contributed by atoms with E-state index >= 15 is 0 Å². The molecule has 5 heteroatoms. The van der Waals surface area contributed by atoms with Crippen molar-refractivity contribution in [2.75, 3.05) is 6.79 Å². The summed E-state index contributed by atoms with van der Waals surface area (Å²) in [6, 6.07) is 3.22. The summed E-state index contributed by atoms with van der Waals surface area (Å²) in [5.41, 5.74) is 0.380. The van der Waals surface area contributed by atoms with Crippen molar-refractivity contribution < 1.29 is 14.3 Å². The van der Waals surface area contributed by atoms with Crippen LogP contribution in [0.5, 0.6) is 11.5 Å². The van der Waals surface area contributed by atoms with Crippen LogP contribution in [0.2, 0.25) is 0 Å². The Bertz CT molecular complexity index is 378. The molecule has 0 bridgehead atoms. The van der Waals surface area contributed by atoms with Gasteiger partial charge < -0.3 is 9.47 Å². The van der Waals surface area contributed by atoms with Crippen molar-refractivity contribution in [2.45, 2.75) is 0 Å². The number of carbonyl (C=O) groups excluding carboxylic acids is 1. The Morgan fingerprint density at radius 3 is 2.62 bits per heavy atom. The second kappa shape index (κ2) is 3.20. The molecule has 0 atom stereocenters. The summed E-state index contributed by atoms with van der Waals surface area (Å²) in [7, 11) is 0. The van der Waals surface area contributed by atoms with E-state index in [1.54, 1.807) is 12.1 Å². The average molecular weight is 263 g/mol. The van der Waals surface area contributed by atoms with E-state index in [0.717, 1.165) is 0 Å². The molecule has 1 heterocycles. The lowest BCUT2D eigenvalue weighted by Gasteiger charge is -2.00. The van der Waals surface area contributed by atoms with Crippen molar-refractivity contribution in [1.82, 2.24) is 0 Å². The average Bonchev–Trinajstić information content (AvgIpc) is 2.48. The van der Waals surface area contributed by atoms with Gasteiger partial charge in [0.1, 0.15) is 0 Å². The molecule has 0 fully saturated rings. The number of hydrogen-bond acceptors (Lipinski definition) is 3. The molecular formula is C8H4BrClO3. The largest absolute Gasteiger partial charge is 0.454 e. The topological polar surface area (TPSA) is 35.5 Å². The van der Waals surface area contributed by atoms with Gasteiger partial charge in [-0.15, -0.1) is 0 Å². The number of hydrogen-bond donors (Lipinski definition) is 0. The lowest BCUT2D eigenvalue weighted by atomic mass is 10.2. The van der Waals surface area contributed by atoms with Crippen molar-refractivity contribution in [2.24, 2.45) is 0 Å². The summed E-state index contributed by atoms with van der Waals surface area (Å²) >= 11 is 8.55. The molecule has 0 amide bonds. The minimum atomic E-state index is -0.523. The van der Waals surface area contributed by atoms with Crippen LogP contribution in [0.4, 0.5) is 0 Å². The van der Waals surface area contributed by atoms with Gasteiger partial charge in [0.15, 0.2) is 11.5 Å².